The molecule has 1 aliphatic rings. The summed E-state index contributed by atoms with van der Waals surface area (Å²) in [6.45, 7) is 2.51. The smallest absolute Gasteiger partial charge is 0.240 e. The number of rotatable bonds is 4. The molecule has 1 rings (SSSR count). The van der Waals surface area contributed by atoms with Crippen LogP contribution in [-0.2, 0) is 9.59 Å². The van der Waals surface area contributed by atoms with Crippen molar-refractivity contribution in [3.63, 3.8) is 0 Å². The Labute approximate surface area is 91.9 Å². The summed E-state index contributed by atoms with van der Waals surface area (Å²) in [6.07, 6.45) is 1.12. The molecule has 5 heteroatoms. The number of carbonyl (C=O) groups excluding carboxylic acids is 2. The first-order chi connectivity index (χ1) is 6.60. The lowest BCUT2D eigenvalue weighted by Crippen LogP contribution is -2.45. The fourth-order valence-corrected chi connectivity index (χ4v) is 2.22. The van der Waals surface area contributed by atoms with Crippen molar-refractivity contribution in [1.82, 2.24) is 4.90 Å². The number of hydrogen-bond acceptors (Lipinski definition) is 2. The van der Waals surface area contributed by atoms with Gasteiger partial charge in [0.25, 0.3) is 0 Å². The molecule has 0 bridgehead atoms. The molecule has 2 N–H and O–H groups in total. The highest BCUT2D eigenvalue weighted by Gasteiger charge is 2.35. The Balaban J connectivity index is 2.68. The van der Waals surface area contributed by atoms with Crippen LogP contribution in [0, 0.1) is 5.92 Å². The Bertz CT molecular complexity index is 245. The second-order valence-electron chi connectivity index (χ2n) is 3.60. The number of nitrogens with zero attached hydrogens (tertiary/aromatic N) is 1. The van der Waals surface area contributed by atoms with Crippen LogP contribution in [0.3, 0.4) is 0 Å². The van der Waals surface area contributed by atoms with E-state index in [0.717, 1.165) is 5.33 Å². The number of nitrogens with two attached hydrogens (primary N) is 1. The van der Waals surface area contributed by atoms with Crippen molar-refractivity contribution in [1.29, 1.82) is 0 Å². The molecule has 1 unspecified atom stereocenters. The molecular formula is C9H15BrN2O2. The van der Waals surface area contributed by atoms with Gasteiger partial charge in [0.05, 0.1) is 0 Å². The first-order valence-corrected chi connectivity index (χ1v) is 5.87. The zero-order valence-corrected chi connectivity index (χ0v) is 9.79. The maximum absolute atomic E-state index is 11.5. The minimum absolute atomic E-state index is 0.0418. The molecule has 1 heterocycles. The summed E-state index contributed by atoms with van der Waals surface area (Å²) in [7, 11) is 0. The monoisotopic (exact) mass is 262 g/mol. The van der Waals surface area contributed by atoms with Gasteiger partial charge < -0.3 is 10.6 Å². The minimum atomic E-state index is -0.424. The summed E-state index contributed by atoms with van der Waals surface area (Å²) in [5, 5.41) is 0.796. The third-order valence-corrected chi connectivity index (χ3v) is 3.46. The van der Waals surface area contributed by atoms with Crippen molar-refractivity contribution in [2.45, 2.75) is 25.8 Å². The molecule has 0 aliphatic carbocycles. The van der Waals surface area contributed by atoms with E-state index in [0.29, 0.717) is 25.3 Å². The van der Waals surface area contributed by atoms with Crippen LogP contribution in [0.15, 0.2) is 0 Å². The van der Waals surface area contributed by atoms with Crippen LogP contribution in [0.2, 0.25) is 0 Å². The van der Waals surface area contributed by atoms with Gasteiger partial charge in [-0.05, 0) is 12.3 Å². The second kappa shape index (κ2) is 4.77. The molecule has 1 aliphatic heterocycles. The lowest BCUT2D eigenvalue weighted by atomic mass is 10.1. The number of amides is 2. The first-order valence-electron chi connectivity index (χ1n) is 4.74. The molecule has 0 aromatic heterocycles. The van der Waals surface area contributed by atoms with Crippen LogP contribution in [0.25, 0.3) is 0 Å². The molecule has 0 spiro atoms. The highest BCUT2D eigenvalue weighted by molar-refractivity contribution is 9.09. The third kappa shape index (κ3) is 2.26. The topological polar surface area (TPSA) is 63.4 Å². The highest BCUT2D eigenvalue weighted by atomic mass is 79.9. The predicted molar refractivity (Wildman–Crippen MR) is 56.9 cm³/mol. The van der Waals surface area contributed by atoms with Crippen molar-refractivity contribution in [2.24, 2.45) is 11.7 Å². The molecule has 1 fully saturated rings. The number of hydrogen-bond donors (Lipinski definition) is 1. The number of primary amides is 1. The van der Waals surface area contributed by atoms with E-state index in [-0.39, 0.29) is 5.91 Å². The molecule has 2 amide bonds. The Kier molecular flexibility index (Phi) is 3.92. The Morgan fingerprint density at radius 3 is 2.79 bits per heavy atom. The molecule has 0 aromatic rings. The molecule has 0 aromatic carbocycles. The van der Waals surface area contributed by atoms with E-state index in [1.165, 1.54) is 0 Å². The maximum Gasteiger partial charge on any atom is 0.240 e. The van der Waals surface area contributed by atoms with E-state index >= 15 is 0 Å². The second-order valence-corrected chi connectivity index (χ2v) is 4.24. The van der Waals surface area contributed by atoms with Gasteiger partial charge in [0.2, 0.25) is 11.8 Å². The molecule has 80 valence electrons. The Hall–Kier alpha value is -0.580. The van der Waals surface area contributed by atoms with Crippen LogP contribution >= 0.6 is 15.9 Å². The SMILES string of the molecule is CC[C@H](C(N)=O)N1CC(CBr)CC1=O. The normalized spacial score (nSPS) is 24.0. The van der Waals surface area contributed by atoms with E-state index in [9.17, 15) is 9.59 Å². The van der Waals surface area contributed by atoms with Gasteiger partial charge in [0.15, 0.2) is 0 Å². The van der Waals surface area contributed by atoms with E-state index in [4.69, 9.17) is 5.73 Å². The van der Waals surface area contributed by atoms with Gasteiger partial charge in [0.1, 0.15) is 6.04 Å². The summed E-state index contributed by atoms with van der Waals surface area (Å²) < 4.78 is 0. The number of carbonyl (C=O) groups is 2. The largest absolute Gasteiger partial charge is 0.368 e. The molecule has 0 saturated carbocycles. The lowest BCUT2D eigenvalue weighted by molar-refractivity contribution is -0.136. The van der Waals surface area contributed by atoms with Crippen LogP contribution in [-0.4, -0.2) is 34.6 Å². The average molecular weight is 263 g/mol. The van der Waals surface area contributed by atoms with Crippen LogP contribution in [0.5, 0.6) is 0 Å². The Morgan fingerprint density at radius 2 is 2.43 bits per heavy atom. The number of likely N-dealkylation sites (tertiary alicyclic amines) is 1. The van der Waals surface area contributed by atoms with Gasteiger partial charge in [-0.25, -0.2) is 0 Å². The van der Waals surface area contributed by atoms with Gasteiger partial charge in [-0.15, -0.1) is 0 Å². The fourth-order valence-electron chi connectivity index (χ4n) is 1.79. The van der Waals surface area contributed by atoms with Crippen molar-refractivity contribution >= 4 is 27.7 Å². The number of halogens is 1. The van der Waals surface area contributed by atoms with E-state index in [1.807, 2.05) is 6.92 Å². The summed E-state index contributed by atoms with van der Waals surface area (Å²) in [6, 6.07) is -0.424. The fraction of sp³-hybridized carbons (Fsp3) is 0.778. The zero-order valence-electron chi connectivity index (χ0n) is 8.20. The zero-order chi connectivity index (χ0) is 10.7. The quantitative estimate of drug-likeness (QED) is 0.750. The van der Waals surface area contributed by atoms with Crippen molar-refractivity contribution in [3.05, 3.63) is 0 Å². The summed E-state index contributed by atoms with van der Waals surface area (Å²) in [5.74, 6) is -0.0490. The standard InChI is InChI=1S/C9H15BrN2O2/c1-2-7(9(11)14)12-5-6(4-10)3-8(12)13/h6-7H,2-5H2,1H3,(H2,11,14)/t6?,7-/m1/s1. The number of alkyl halides is 1. The summed E-state index contributed by atoms with van der Waals surface area (Å²) >= 11 is 3.34. The molecule has 0 radical (unpaired) electrons. The minimum Gasteiger partial charge on any atom is -0.368 e. The first kappa shape index (κ1) is 11.5. The highest BCUT2D eigenvalue weighted by Crippen LogP contribution is 2.22. The molecule has 2 atom stereocenters. The lowest BCUT2D eigenvalue weighted by Gasteiger charge is -2.24. The van der Waals surface area contributed by atoms with Gasteiger partial charge in [-0.1, -0.05) is 22.9 Å². The van der Waals surface area contributed by atoms with Gasteiger partial charge >= 0.3 is 0 Å². The molecule has 14 heavy (non-hydrogen) atoms. The maximum atomic E-state index is 11.5. The third-order valence-electron chi connectivity index (χ3n) is 2.55. The van der Waals surface area contributed by atoms with Crippen molar-refractivity contribution in [2.75, 3.05) is 11.9 Å². The van der Waals surface area contributed by atoms with Gasteiger partial charge in [-0.2, -0.15) is 0 Å². The Morgan fingerprint density at radius 1 is 1.79 bits per heavy atom. The van der Waals surface area contributed by atoms with Gasteiger partial charge in [-0.3, -0.25) is 9.59 Å². The van der Waals surface area contributed by atoms with Gasteiger partial charge in [0, 0.05) is 18.3 Å². The van der Waals surface area contributed by atoms with E-state index in [2.05, 4.69) is 15.9 Å². The molecule has 4 nitrogen and oxygen atoms in total. The molecular weight excluding hydrogens is 248 g/mol. The summed E-state index contributed by atoms with van der Waals surface area (Å²) in [4.78, 5) is 24.2. The van der Waals surface area contributed by atoms with E-state index < -0.39 is 11.9 Å². The van der Waals surface area contributed by atoms with Crippen molar-refractivity contribution < 1.29 is 9.59 Å². The van der Waals surface area contributed by atoms with Crippen LogP contribution < -0.4 is 5.73 Å². The average Bonchev–Trinajstić information content (AvgIpc) is 2.48. The predicted octanol–water partition coefficient (Wildman–Crippen LogP) is 0.494. The van der Waals surface area contributed by atoms with E-state index in [1.54, 1.807) is 4.90 Å². The van der Waals surface area contributed by atoms with Crippen molar-refractivity contribution in [3.8, 4) is 0 Å². The summed E-state index contributed by atoms with van der Waals surface area (Å²) in [5.41, 5.74) is 5.23. The van der Waals surface area contributed by atoms with Crippen LogP contribution in [0.4, 0.5) is 0 Å². The van der Waals surface area contributed by atoms with Crippen LogP contribution in [0.1, 0.15) is 19.8 Å². The molecule has 1 saturated heterocycles.